The van der Waals surface area contributed by atoms with Gasteiger partial charge in [0.15, 0.2) is 12.2 Å². The van der Waals surface area contributed by atoms with Gasteiger partial charge in [-0.3, -0.25) is 19.8 Å². The molecule has 9 nitrogen and oxygen atoms in total. The summed E-state index contributed by atoms with van der Waals surface area (Å²) in [4.78, 5) is 33.6. The molecule has 1 aliphatic heterocycles. The van der Waals surface area contributed by atoms with Gasteiger partial charge in [0.1, 0.15) is 0 Å². The molecule has 142 valence electrons. The minimum absolute atomic E-state index is 0.509. The number of nitrogens with one attached hydrogen (secondary N) is 1. The molecule has 1 heterocycles. The fourth-order valence-corrected chi connectivity index (χ4v) is 1.99. The second-order valence-electron chi connectivity index (χ2n) is 4.94. The first kappa shape index (κ1) is 20.7. The second kappa shape index (κ2) is 8.14. The number of hydrogen-bond acceptors (Lipinski definition) is 9. The van der Waals surface area contributed by atoms with Crippen molar-refractivity contribution in [2.24, 2.45) is 0 Å². The van der Waals surface area contributed by atoms with E-state index in [9.17, 15) is 27.6 Å². The SMILES string of the molecule is CC(=O)O[C@@H]1[C@@H](OC(C)=O)[C@@H](OC(=N)C(F)(F)F)OC[C@@H]1OC(C)=O. The van der Waals surface area contributed by atoms with Crippen LogP contribution in [0.15, 0.2) is 0 Å². The number of rotatable bonds is 4. The van der Waals surface area contributed by atoms with Crippen molar-refractivity contribution in [2.45, 2.75) is 51.5 Å². The zero-order chi connectivity index (χ0) is 19.4. The monoisotopic (exact) mass is 371 g/mol. The van der Waals surface area contributed by atoms with Crippen molar-refractivity contribution in [1.82, 2.24) is 0 Å². The molecule has 1 N–H and O–H groups in total. The fraction of sp³-hybridized carbons (Fsp3) is 0.692. The van der Waals surface area contributed by atoms with Crippen molar-refractivity contribution in [1.29, 1.82) is 5.41 Å². The Hall–Kier alpha value is -2.37. The molecule has 0 aromatic rings. The van der Waals surface area contributed by atoms with Crippen molar-refractivity contribution in [3.05, 3.63) is 0 Å². The lowest BCUT2D eigenvalue weighted by Gasteiger charge is -2.40. The number of alkyl halides is 3. The Bertz CT molecular complexity index is 550. The summed E-state index contributed by atoms with van der Waals surface area (Å²) in [6.07, 6.45) is -11.4. The molecule has 1 rings (SSSR count). The second-order valence-corrected chi connectivity index (χ2v) is 4.94. The van der Waals surface area contributed by atoms with Gasteiger partial charge in [0.05, 0.1) is 6.61 Å². The van der Waals surface area contributed by atoms with Crippen LogP contribution in [0, 0.1) is 5.41 Å². The van der Waals surface area contributed by atoms with Gasteiger partial charge in [-0.1, -0.05) is 0 Å². The summed E-state index contributed by atoms with van der Waals surface area (Å²) in [6, 6.07) is 0. The van der Waals surface area contributed by atoms with Gasteiger partial charge in [0.2, 0.25) is 12.4 Å². The maximum atomic E-state index is 12.5. The largest absolute Gasteiger partial charge is 0.467 e. The molecule has 0 aliphatic carbocycles. The quantitative estimate of drug-likeness (QED) is 0.332. The lowest BCUT2D eigenvalue weighted by molar-refractivity contribution is -0.267. The summed E-state index contributed by atoms with van der Waals surface area (Å²) in [5.74, 6) is -4.69. The maximum absolute atomic E-state index is 12.5. The Balaban J connectivity index is 3.09. The number of hydrogen-bond donors (Lipinski definition) is 1. The highest BCUT2D eigenvalue weighted by molar-refractivity contribution is 5.78. The highest BCUT2D eigenvalue weighted by atomic mass is 19.4. The molecule has 12 heteroatoms. The molecule has 0 saturated carbocycles. The van der Waals surface area contributed by atoms with Crippen LogP contribution in [-0.4, -0.2) is 61.2 Å². The van der Waals surface area contributed by atoms with Crippen molar-refractivity contribution in [3.63, 3.8) is 0 Å². The van der Waals surface area contributed by atoms with Crippen molar-refractivity contribution >= 4 is 23.8 Å². The minimum Gasteiger partial charge on any atom is -0.456 e. The Morgan fingerprint density at radius 2 is 1.40 bits per heavy atom. The van der Waals surface area contributed by atoms with Gasteiger partial charge in [-0.2, -0.15) is 13.2 Å². The van der Waals surface area contributed by atoms with Crippen LogP contribution in [0.25, 0.3) is 0 Å². The lowest BCUT2D eigenvalue weighted by atomic mass is 10.0. The van der Waals surface area contributed by atoms with Gasteiger partial charge in [-0.15, -0.1) is 0 Å². The zero-order valence-electron chi connectivity index (χ0n) is 13.4. The maximum Gasteiger partial charge on any atom is 0.467 e. The molecular formula is C13H16F3NO8. The average molecular weight is 371 g/mol. The van der Waals surface area contributed by atoms with E-state index in [1.54, 1.807) is 0 Å². The number of carbonyl (C=O) groups is 3. The van der Waals surface area contributed by atoms with E-state index in [0.29, 0.717) is 0 Å². The predicted molar refractivity (Wildman–Crippen MR) is 71.3 cm³/mol. The summed E-state index contributed by atoms with van der Waals surface area (Å²) >= 11 is 0. The Labute approximate surface area is 139 Å². The van der Waals surface area contributed by atoms with Crippen LogP contribution in [0.5, 0.6) is 0 Å². The van der Waals surface area contributed by atoms with E-state index in [-0.39, 0.29) is 0 Å². The van der Waals surface area contributed by atoms with Crippen LogP contribution in [-0.2, 0) is 38.1 Å². The molecule has 0 unspecified atom stereocenters. The minimum atomic E-state index is -5.10. The van der Waals surface area contributed by atoms with Gasteiger partial charge >= 0.3 is 24.1 Å². The van der Waals surface area contributed by atoms with Crippen LogP contribution >= 0.6 is 0 Å². The summed E-state index contributed by atoms with van der Waals surface area (Å²) < 4.78 is 61.4. The summed E-state index contributed by atoms with van der Waals surface area (Å²) in [6.45, 7) is 2.49. The third kappa shape index (κ3) is 6.21. The third-order valence-electron chi connectivity index (χ3n) is 2.80. The Kier molecular flexibility index (Phi) is 6.73. The summed E-state index contributed by atoms with van der Waals surface area (Å²) in [5.41, 5.74) is 0. The number of halogens is 3. The van der Waals surface area contributed by atoms with Gasteiger partial charge in [-0.05, 0) is 0 Å². The van der Waals surface area contributed by atoms with Crippen molar-refractivity contribution < 1.29 is 51.2 Å². The van der Waals surface area contributed by atoms with E-state index in [0.717, 1.165) is 20.8 Å². The van der Waals surface area contributed by atoms with Gasteiger partial charge in [-0.25, -0.2) is 0 Å². The predicted octanol–water partition coefficient (Wildman–Crippen LogP) is 0.694. The highest BCUT2D eigenvalue weighted by Gasteiger charge is 2.50. The molecule has 4 atom stereocenters. The Morgan fingerprint density at radius 1 is 0.920 bits per heavy atom. The van der Waals surface area contributed by atoms with Gasteiger partial charge < -0.3 is 23.7 Å². The average Bonchev–Trinajstić information content (AvgIpc) is 2.42. The molecule has 1 fully saturated rings. The first-order valence-corrected chi connectivity index (χ1v) is 6.87. The van der Waals surface area contributed by atoms with Gasteiger partial charge in [0.25, 0.3) is 5.90 Å². The normalized spacial score (nSPS) is 26.3. The molecule has 1 aliphatic rings. The third-order valence-corrected chi connectivity index (χ3v) is 2.80. The van der Waals surface area contributed by atoms with Crippen LogP contribution in [0.1, 0.15) is 20.8 Å². The first-order chi connectivity index (χ1) is 11.4. The molecule has 25 heavy (non-hydrogen) atoms. The fourth-order valence-electron chi connectivity index (χ4n) is 1.99. The smallest absolute Gasteiger partial charge is 0.456 e. The summed E-state index contributed by atoms with van der Waals surface area (Å²) in [7, 11) is 0. The van der Waals surface area contributed by atoms with Crippen LogP contribution in [0.4, 0.5) is 13.2 Å². The molecule has 1 saturated heterocycles. The lowest BCUT2D eigenvalue weighted by Crippen LogP contribution is -2.58. The molecule has 0 bridgehead atoms. The summed E-state index contributed by atoms with van der Waals surface area (Å²) in [5, 5.41) is 6.86. The molecule has 0 aromatic heterocycles. The van der Waals surface area contributed by atoms with Crippen molar-refractivity contribution in [2.75, 3.05) is 6.61 Å². The van der Waals surface area contributed by atoms with Crippen molar-refractivity contribution in [3.8, 4) is 0 Å². The standard InChI is InChI=1S/C13H16F3NO8/c1-5(18)22-8-4-21-11(25-12(17)13(14,15)16)10(24-7(3)20)9(8)23-6(2)19/h8-11,17H,4H2,1-3H3/t8-,9-,10+,11+/m0/s1. The van der Waals surface area contributed by atoms with E-state index in [1.807, 2.05) is 0 Å². The topological polar surface area (TPSA) is 121 Å². The van der Waals surface area contributed by atoms with E-state index in [4.69, 9.17) is 24.4 Å². The zero-order valence-corrected chi connectivity index (χ0v) is 13.4. The van der Waals surface area contributed by atoms with Crippen LogP contribution in [0.3, 0.4) is 0 Å². The molecular weight excluding hydrogens is 355 g/mol. The molecule has 0 aromatic carbocycles. The van der Waals surface area contributed by atoms with E-state index in [1.165, 1.54) is 0 Å². The first-order valence-electron chi connectivity index (χ1n) is 6.87. The number of esters is 3. The molecule has 0 radical (unpaired) electrons. The van der Waals surface area contributed by atoms with E-state index >= 15 is 0 Å². The highest BCUT2D eigenvalue weighted by Crippen LogP contribution is 2.27. The molecule has 0 amide bonds. The van der Waals surface area contributed by atoms with E-state index < -0.39 is 61.2 Å². The number of ether oxygens (including phenoxy) is 5. The van der Waals surface area contributed by atoms with Crippen LogP contribution in [0.2, 0.25) is 0 Å². The van der Waals surface area contributed by atoms with Gasteiger partial charge in [0, 0.05) is 20.8 Å². The molecule has 0 spiro atoms. The van der Waals surface area contributed by atoms with E-state index in [2.05, 4.69) is 4.74 Å². The number of carbonyl (C=O) groups excluding carboxylic acids is 3. The van der Waals surface area contributed by atoms with Crippen LogP contribution < -0.4 is 0 Å². The Morgan fingerprint density at radius 3 is 1.84 bits per heavy atom.